The van der Waals surface area contributed by atoms with Crippen LogP contribution in [0.25, 0.3) is 6.08 Å². The fourth-order valence-corrected chi connectivity index (χ4v) is 5.48. The van der Waals surface area contributed by atoms with Gasteiger partial charge in [-0.05, 0) is 79.2 Å². The van der Waals surface area contributed by atoms with Crippen molar-refractivity contribution in [2.75, 3.05) is 23.8 Å². The Morgan fingerprint density at radius 3 is 2.25 bits per heavy atom. The van der Waals surface area contributed by atoms with Crippen molar-refractivity contribution in [2.24, 2.45) is 0 Å². The van der Waals surface area contributed by atoms with Crippen LogP contribution in [0, 0.1) is 0 Å². The third-order valence-corrected chi connectivity index (χ3v) is 8.07. The smallest absolute Gasteiger partial charge is 0.272 e. The first-order valence-corrected chi connectivity index (χ1v) is 15.2. The molecule has 0 aromatic heterocycles. The Balaban J connectivity index is 1.24. The van der Waals surface area contributed by atoms with E-state index in [2.05, 4.69) is 16.0 Å². The molecule has 0 spiro atoms. The highest BCUT2D eigenvalue weighted by molar-refractivity contribution is 8.00. The van der Waals surface area contributed by atoms with Gasteiger partial charge in [-0.3, -0.25) is 14.4 Å². The number of thioether (sulfide) groups is 1. The number of ether oxygens (including phenoxy) is 2. The van der Waals surface area contributed by atoms with E-state index in [1.165, 1.54) is 17.8 Å². The van der Waals surface area contributed by atoms with Gasteiger partial charge >= 0.3 is 0 Å². The largest absolute Gasteiger partial charge is 0.486 e. The number of benzene rings is 4. The summed E-state index contributed by atoms with van der Waals surface area (Å²) in [6, 6.07) is 25.7. The molecule has 4 aromatic rings. The number of carbonyl (C=O) groups is 3. The van der Waals surface area contributed by atoms with Crippen LogP contribution >= 0.6 is 35.0 Å². The van der Waals surface area contributed by atoms with Crippen molar-refractivity contribution in [3.05, 3.63) is 118 Å². The molecular formula is C33H27Cl2N3O5S. The summed E-state index contributed by atoms with van der Waals surface area (Å²) in [7, 11) is 0. The van der Waals surface area contributed by atoms with Crippen LogP contribution in [0.5, 0.6) is 11.5 Å². The Morgan fingerprint density at radius 2 is 1.52 bits per heavy atom. The number of hydrogen-bond acceptors (Lipinski definition) is 6. The fraction of sp³-hybridized carbons (Fsp3) is 0.121. The molecule has 1 heterocycles. The predicted molar refractivity (Wildman–Crippen MR) is 175 cm³/mol. The standard InChI is InChI=1S/C33H27Cl2N3O5S/c1-20(31(39)37-25-11-14-29-30(19-25)43-16-15-42-29)44-26-12-9-24(10-13-26)36-33(41)28(17-22-7-8-23(34)18-27(22)35)38-32(40)21-5-3-2-4-6-21/h2-14,17-20H,15-16H2,1H3,(H,36,41)(H,37,39)(H,38,40)/b28-17-. The molecule has 1 unspecified atom stereocenters. The maximum atomic E-state index is 13.3. The molecule has 224 valence electrons. The molecule has 0 fully saturated rings. The first-order chi connectivity index (χ1) is 21.2. The van der Waals surface area contributed by atoms with E-state index in [4.69, 9.17) is 32.7 Å². The number of nitrogens with one attached hydrogen (secondary N) is 3. The number of hydrogen-bond donors (Lipinski definition) is 3. The van der Waals surface area contributed by atoms with Crippen molar-refractivity contribution in [1.82, 2.24) is 5.32 Å². The average molecular weight is 649 g/mol. The first-order valence-electron chi connectivity index (χ1n) is 13.6. The van der Waals surface area contributed by atoms with Crippen LogP contribution in [0.15, 0.2) is 102 Å². The molecule has 0 aliphatic carbocycles. The zero-order valence-corrected chi connectivity index (χ0v) is 25.8. The number of fused-ring (bicyclic) bond motifs is 1. The topological polar surface area (TPSA) is 106 Å². The van der Waals surface area contributed by atoms with Crippen LogP contribution in [0.3, 0.4) is 0 Å². The summed E-state index contributed by atoms with van der Waals surface area (Å²) in [5.74, 6) is 0.0776. The van der Waals surface area contributed by atoms with Gasteiger partial charge in [-0.2, -0.15) is 0 Å². The van der Waals surface area contributed by atoms with Gasteiger partial charge in [0.1, 0.15) is 18.9 Å². The Labute approximate surface area is 268 Å². The maximum absolute atomic E-state index is 13.3. The van der Waals surface area contributed by atoms with Gasteiger partial charge in [0.25, 0.3) is 11.8 Å². The molecule has 0 saturated heterocycles. The second-order valence-corrected chi connectivity index (χ2v) is 11.9. The summed E-state index contributed by atoms with van der Waals surface area (Å²) in [5, 5.41) is 8.76. The quantitative estimate of drug-likeness (QED) is 0.130. The molecule has 11 heteroatoms. The van der Waals surface area contributed by atoms with E-state index in [1.54, 1.807) is 91.0 Å². The highest BCUT2D eigenvalue weighted by Gasteiger charge is 2.19. The summed E-state index contributed by atoms with van der Waals surface area (Å²) >= 11 is 13.7. The second kappa shape index (κ2) is 14.4. The number of amides is 3. The fourth-order valence-electron chi connectivity index (χ4n) is 4.15. The van der Waals surface area contributed by atoms with E-state index in [0.29, 0.717) is 57.3 Å². The summed E-state index contributed by atoms with van der Waals surface area (Å²) < 4.78 is 11.1. The van der Waals surface area contributed by atoms with Crippen LogP contribution in [0.1, 0.15) is 22.8 Å². The zero-order chi connectivity index (χ0) is 31.1. The molecule has 4 aromatic carbocycles. The zero-order valence-electron chi connectivity index (χ0n) is 23.4. The van der Waals surface area contributed by atoms with Gasteiger partial charge in [0, 0.05) is 37.9 Å². The molecule has 5 rings (SSSR count). The van der Waals surface area contributed by atoms with Crippen molar-refractivity contribution in [2.45, 2.75) is 17.1 Å². The Morgan fingerprint density at radius 1 is 0.818 bits per heavy atom. The molecule has 1 aliphatic heterocycles. The molecule has 0 saturated carbocycles. The first kappa shape index (κ1) is 31.0. The summed E-state index contributed by atoms with van der Waals surface area (Å²) in [6.07, 6.45) is 1.49. The minimum absolute atomic E-state index is 0.00837. The number of halogens is 2. The lowest BCUT2D eigenvalue weighted by atomic mass is 10.1. The third-order valence-electron chi connectivity index (χ3n) is 6.40. The summed E-state index contributed by atoms with van der Waals surface area (Å²) in [5.41, 5.74) is 2.00. The van der Waals surface area contributed by atoms with E-state index >= 15 is 0 Å². The van der Waals surface area contributed by atoms with Crippen molar-refractivity contribution in [1.29, 1.82) is 0 Å². The molecule has 44 heavy (non-hydrogen) atoms. The van der Waals surface area contributed by atoms with Gasteiger partial charge in [0.05, 0.1) is 5.25 Å². The van der Waals surface area contributed by atoms with Crippen molar-refractivity contribution in [3.63, 3.8) is 0 Å². The summed E-state index contributed by atoms with van der Waals surface area (Å²) in [4.78, 5) is 39.9. The molecule has 3 N–H and O–H groups in total. The molecule has 8 nitrogen and oxygen atoms in total. The minimum Gasteiger partial charge on any atom is -0.486 e. The normalized spacial score (nSPS) is 13.0. The third kappa shape index (κ3) is 8.13. The van der Waals surface area contributed by atoms with Gasteiger partial charge in [0.15, 0.2) is 11.5 Å². The van der Waals surface area contributed by atoms with Gasteiger partial charge in [-0.15, -0.1) is 11.8 Å². The number of carbonyl (C=O) groups excluding carboxylic acids is 3. The molecular weight excluding hydrogens is 621 g/mol. The lowest BCUT2D eigenvalue weighted by Gasteiger charge is -2.19. The van der Waals surface area contributed by atoms with E-state index < -0.39 is 17.1 Å². The van der Waals surface area contributed by atoms with Crippen LogP contribution < -0.4 is 25.4 Å². The van der Waals surface area contributed by atoms with Gasteiger partial charge in [-0.1, -0.05) is 47.5 Å². The van der Waals surface area contributed by atoms with Crippen LogP contribution in [-0.4, -0.2) is 36.2 Å². The average Bonchev–Trinajstić information content (AvgIpc) is 3.03. The maximum Gasteiger partial charge on any atom is 0.272 e. The van der Waals surface area contributed by atoms with Crippen molar-refractivity contribution in [3.8, 4) is 11.5 Å². The lowest BCUT2D eigenvalue weighted by Crippen LogP contribution is -2.30. The van der Waals surface area contributed by atoms with E-state index in [1.807, 2.05) is 6.92 Å². The van der Waals surface area contributed by atoms with Crippen molar-refractivity contribution >= 4 is 70.1 Å². The summed E-state index contributed by atoms with van der Waals surface area (Å²) in [6.45, 7) is 2.77. The van der Waals surface area contributed by atoms with E-state index in [-0.39, 0.29) is 11.6 Å². The molecule has 0 bridgehead atoms. The van der Waals surface area contributed by atoms with Gasteiger partial charge in [0.2, 0.25) is 5.91 Å². The van der Waals surface area contributed by atoms with Crippen LogP contribution in [-0.2, 0) is 9.59 Å². The van der Waals surface area contributed by atoms with E-state index in [0.717, 1.165) is 4.90 Å². The van der Waals surface area contributed by atoms with Crippen LogP contribution in [0.4, 0.5) is 11.4 Å². The van der Waals surface area contributed by atoms with Crippen LogP contribution in [0.2, 0.25) is 10.0 Å². The Bertz CT molecular complexity index is 1710. The number of rotatable bonds is 9. The Kier molecular flexibility index (Phi) is 10.1. The Hall–Kier alpha value is -4.44. The van der Waals surface area contributed by atoms with Crippen molar-refractivity contribution < 1.29 is 23.9 Å². The number of anilines is 2. The minimum atomic E-state index is -0.548. The molecule has 1 atom stereocenters. The van der Waals surface area contributed by atoms with Gasteiger partial charge < -0.3 is 25.4 Å². The highest BCUT2D eigenvalue weighted by atomic mass is 35.5. The lowest BCUT2D eigenvalue weighted by molar-refractivity contribution is -0.115. The monoisotopic (exact) mass is 647 g/mol. The second-order valence-electron chi connectivity index (χ2n) is 9.63. The molecule has 1 aliphatic rings. The highest BCUT2D eigenvalue weighted by Crippen LogP contribution is 2.33. The predicted octanol–water partition coefficient (Wildman–Crippen LogP) is 7.29. The van der Waals surface area contributed by atoms with Gasteiger partial charge in [-0.25, -0.2) is 0 Å². The molecule has 0 radical (unpaired) electrons. The molecule has 3 amide bonds. The van der Waals surface area contributed by atoms with E-state index in [9.17, 15) is 14.4 Å². The SMILES string of the molecule is CC(Sc1ccc(NC(=O)/C(=C/c2ccc(Cl)cc2Cl)NC(=O)c2ccccc2)cc1)C(=O)Nc1ccc2c(c1)OCCO2.